The number of hydrogen-bond acceptors (Lipinski definition) is 3. The average molecular weight is 210 g/mol. The van der Waals surface area contributed by atoms with Crippen LogP contribution in [0, 0.1) is 0 Å². The Balaban J connectivity index is 2.58. The van der Waals surface area contributed by atoms with Crippen LogP contribution < -0.4 is 5.73 Å². The Morgan fingerprint density at radius 3 is 2.71 bits per heavy atom. The molecule has 0 aliphatic rings. The van der Waals surface area contributed by atoms with Crippen molar-refractivity contribution in [3.05, 3.63) is 29.4 Å². The zero-order valence-corrected chi connectivity index (χ0v) is 7.92. The highest BCUT2D eigenvalue weighted by Crippen LogP contribution is 2.32. The highest BCUT2D eigenvalue weighted by molar-refractivity contribution is 6.33. The van der Waals surface area contributed by atoms with Crippen LogP contribution in [-0.4, -0.2) is 15.3 Å². The predicted molar refractivity (Wildman–Crippen MR) is 55.1 cm³/mol. The van der Waals surface area contributed by atoms with Crippen LogP contribution >= 0.6 is 11.6 Å². The lowest BCUT2D eigenvalue weighted by Gasteiger charge is -2.02. The summed E-state index contributed by atoms with van der Waals surface area (Å²) in [6.07, 6.45) is 1.59. The summed E-state index contributed by atoms with van der Waals surface area (Å²) < 4.78 is 0. The Hall–Kier alpha value is -1.68. The molecular formula is C9H8ClN3O. The second-order valence-corrected chi connectivity index (χ2v) is 3.27. The van der Waals surface area contributed by atoms with E-state index in [1.54, 1.807) is 18.3 Å². The summed E-state index contributed by atoms with van der Waals surface area (Å²) in [6, 6.07) is 4.70. The Morgan fingerprint density at radius 1 is 1.36 bits per heavy atom. The average Bonchev–Trinajstić information content (AvgIpc) is 2.52. The van der Waals surface area contributed by atoms with Crippen LogP contribution in [0.2, 0.25) is 5.02 Å². The SMILES string of the molecule is Nc1[nH]ncc1-c1ccc(O)cc1Cl. The minimum atomic E-state index is 0.126. The summed E-state index contributed by atoms with van der Waals surface area (Å²) in [5, 5.41) is 16.0. The first-order valence-corrected chi connectivity index (χ1v) is 4.34. The fourth-order valence-corrected chi connectivity index (χ4v) is 1.51. The van der Waals surface area contributed by atoms with Gasteiger partial charge in [0.2, 0.25) is 0 Å². The minimum Gasteiger partial charge on any atom is -0.508 e. The van der Waals surface area contributed by atoms with Crippen LogP contribution in [0.25, 0.3) is 11.1 Å². The second kappa shape index (κ2) is 3.23. The number of rotatable bonds is 1. The summed E-state index contributed by atoms with van der Waals surface area (Å²) in [5.74, 6) is 0.582. The van der Waals surface area contributed by atoms with E-state index in [9.17, 15) is 0 Å². The van der Waals surface area contributed by atoms with Gasteiger partial charge in [0.25, 0.3) is 0 Å². The number of aromatic amines is 1. The minimum absolute atomic E-state index is 0.126. The van der Waals surface area contributed by atoms with Crippen molar-refractivity contribution in [2.24, 2.45) is 0 Å². The molecule has 0 fully saturated rings. The maximum Gasteiger partial charge on any atom is 0.126 e. The molecular weight excluding hydrogens is 202 g/mol. The van der Waals surface area contributed by atoms with Crippen molar-refractivity contribution < 1.29 is 5.11 Å². The van der Waals surface area contributed by atoms with Crippen LogP contribution in [0.1, 0.15) is 0 Å². The Kier molecular flexibility index (Phi) is 2.05. The van der Waals surface area contributed by atoms with Gasteiger partial charge >= 0.3 is 0 Å². The largest absolute Gasteiger partial charge is 0.508 e. The molecule has 14 heavy (non-hydrogen) atoms. The van der Waals surface area contributed by atoms with Crippen molar-refractivity contribution in [1.29, 1.82) is 0 Å². The molecule has 1 aromatic heterocycles. The van der Waals surface area contributed by atoms with Crippen molar-refractivity contribution in [3.8, 4) is 16.9 Å². The topological polar surface area (TPSA) is 74.9 Å². The number of nitrogens with two attached hydrogens (primary N) is 1. The number of halogens is 1. The molecule has 1 heterocycles. The number of nitrogens with zero attached hydrogens (tertiary/aromatic N) is 1. The smallest absolute Gasteiger partial charge is 0.126 e. The Morgan fingerprint density at radius 2 is 2.14 bits per heavy atom. The highest BCUT2D eigenvalue weighted by atomic mass is 35.5. The van der Waals surface area contributed by atoms with Gasteiger partial charge in [0.15, 0.2) is 0 Å². The van der Waals surface area contributed by atoms with Crippen LogP contribution in [0.3, 0.4) is 0 Å². The van der Waals surface area contributed by atoms with Gasteiger partial charge in [-0.2, -0.15) is 5.10 Å². The lowest BCUT2D eigenvalue weighted by atomic mass is 10.1. The van der Waals surface area contributed by atoms with Crippen molar-refractivity contribution in [1.82, 2.24) is 10.2 Å². The number of aromatic hydroxyl groups is 1. The van der Waals surface area contributed by atoms with E-state index in [0.717, 1.165) is 11.1 Å². The summed E-state index contributed by atoms with van der Waals surface area (Å²) in [5.41, 5.74) is 7.12. The summed E-state index contributed by atoms with van der Waals surface area (Å²) in [6.45, 7) is 0. The number of aromatic nitrogens is 2. The summed E-state index contributed by atoms with van der Waals surface area (Å²) >= 11 is 5.94. The number of phenolic OH excluding ortho intramolecular Hbond substituents is 1. The zero-order valence-electron chi connectivity index (χ0n) is 7.16. The molecule has 0 saturated carbocycles. The molecule has 0 unspecified atom stereocenters. The van der Waals surface area contributed by atoms with Gasteiger partial charge in [0, 0.05) is 11.1 Å². The molecule has 2 aromatic rings. The molecule has 72 valence electrons. The molecule has 4 nitrogen and oxygen atoms in total. The maximum atomic E-state index is 9.17. The van der Waals surface area contributed by atoms with Gasteiger partial charge in [-0.25, -0.2) is 0 Å². The van der Waals surface area contributed by atoms with Gasteiger partial charge in [-0.1, -0.05) is 11.6 Å². The van der Waals surface area contributed by atoms with E-state index < -0.39 is 0 Å². The third-order valence-corrected chi connectivity index (χ3v) is 2.22. The summed E-state index contributed by atoms with van der Waals surface area (Å²) in [7, 11) is 0. The normalized spacial score (nSPS) is 10.4. The molecule has 0 bridgehead atoms. The molecule has 0 amide bonds. The number of benzene rings is 1. The zero-order chi connectivity index (χ0) is 10.1. The van der Waals surface area contributed by atoms with Crippen molar-refractivity contribution in [2.45, 2.75) is 0 Å². The number of phenols is 1. The molecule has 0 aliphatic carbocycles. The van der Waals surface area contributed by atoms with Gasteiger partial charge in [0.05, 0.1) is 11.2 Å². The number of hydrogen-bond donors (Lipinski definition) is 3. The molecule has 0 spiro atoms. The Labute approximate surface area is 85.3 Å². The standard InChI is InChI=1S/C9H8ClN3O/c10-8-3-5(14)1-2-6(8)7-4-12-13-9(7)11/h1-4,14H,(H3,11,12,13). The molecule has 1 aromatic carbocycles. The maximum absolute atomic E-state index is 9.17. The van der Waals surface area contributed by atoms with Gasteiger partial charge in [-0.15, -0.1) is 0 Å². The van der Waals surface area contributed by atoms with Gasteiger partial charge in [0.1, 0.15) is 11.6 Å². The second-order valence-electron chi connectivity index (χ2n) is 2.86. The number of anilines is 1. The highest BCUT2D eigenvalue weighted by Gasteiger charge is 2.08. The third kappa shape index (κ3) is 1.40. The van der Waals surface area contributed by atoms with Crippen LogP contribution in [-0.2, 0) is 0 Å². The van der Waals surface area contributed by atoms with Crippen molar-refractivity contribution >= 4 is 17.4 Å². The number of nitrogen functional groups attached to an aromatic ring is 1. The van der Waals surface area contributed by atoms with E-state index in [1.807, 2.05) is 0 Å². The monoisotopic (exact) mass is 209 g/mol. The van der Waals surface area contributed by atoms with Crippen LogP contribution in [0.5, 0.6) is 5.75 Å². The predicted octanol–water partition coefficient (Wildman–Crippen LogP) is 2.02. The first kappa shape index (κ1) is 8.90. The molecule has 0 radical (unpaired) electrons. The van der Waals surface area contributed by atoms with Crippen LogP contribution in [0.4, 0.5) is 5.82 Å². The van der Waals surface area contributed by atoms with E-state index in [4.69, 9.17) is 22.4 Å². The fraction of sp³-hybridized carbons (Fsp3) is 0. The number of nitrogens with one attached hydrogen (secondary N) is 1. The van der Waals surface area contributed by atoms with Gasteiger partial charge in [-0.3, -0.25) is 5.10 Å². The number of H-pyrrole nitrogens is 1. The van der Waals surface area contributed by atoms with E-state index in [0.29, 0.717) is 10.8 Å². The fourth-order valence-electron chi connectivity index (χ4n) is 1.23. The Bertz CT molecular complexity index is 467. The molecule has 4 N–H and O–H groups in total. The third-order valence-electron chi connectivity index (χ3n) is 1.91. The van der Waals surface area contributed by atoms with Crippen LogP contribution in [0.15, 0.2) is 24.4 Å². The lowest BCUT2D eigenvalue weighted by Crippen LogP contribution is -1.87. The molecule has 0 aliphatic heterocycles. The van der Waals surface area contributed by atoms with Gasteiger partial charge in [-0.05, 0) is 18.2 Å². The van der Waals surface area contributed by atoms with Gasteiger partial charge < -0.3 is 10.8 Å². The molecule has 0 atom stereocenters. The summed E-state index contributed by atoms with van der Waals surface area (Å²) in [4.78, 5) is 0. The van der Waals surface area contributed by atoms with Crippen molar-refractivity contribution in [2.75, 3.05) is 5.73 Å². The first-order chi connectivity index (χ1) is 6.68. The first-order valence-electron chi connectivity index (χ1n) is 3.96. The molecule has 2 rings (SSSR count). The van der Waals surface area contributed by atoms with E-state index in [2.05, 4.69) is 10.2 Å². The van der Waals surface area contributed by atoms with E-state index >= 15 is 0 Å². The van der Waals surface area contributed by atoms with E-state index in [-0.39, 0.29) is 5.75 Å². The molecule has 0 saturated heterocycles. The lowest BCUT2D eigenvalue weighted by molar-refractivity contribution is 0.475. The molecule has 5 heteroatoms. The quantitative estimate of drug-likeness (QED) is 0.673. The van der Waals surface area contributed by atoms with E-state index in [1.165, 1.54) is 6.07 Å². The van der Waals surface area contributed by atoms with Crippen molar-refractivity contribution in [3.63, 3.8) is 0 Å².